The second-order valence-corrected chi connectivity index (χ2v) is 7.54. The molecule has 7 nitrogen and oxygen atoms in total. The van der Waals surface area contributed by atoms with Gasteiger partial charge in [0, 0.05) is 38.8 Å². The Morgan fingerprint density at radius 1 is 1.00 bits per heavy atom. The maximum absolute atomic E-state index is 13.0. The van der Waals surface area contributed by atoms with Crippen molar-refractivity contribution < 1.29 is 9.13 Å². The summed E-state index contributed by atoms with van der Waals surface area (Å²) in [6.07, 6.45) is 2.36. The van der Waals surface area contributed by atoms with E-state index in [0.29, 0.717) is 30.8 Å². The lowest BCUT2D eigenvalue weighted by molar-refractivity contribution is 0.122. The highest BCUT2D eigenvalue weighted by Gasteiger charge is 2.20. The van der Waals surface area contributed by atoms with Crippen molar-refractivity contribution in [3.05, 3.63) is 41.7 Å². The molecule has 2 fully saturated rings. The number of thiocarbonyl (C=S) groups is 1. The number of halogens is 1. The van der Waals surface area contributed by atoms with Crippen LogP contribution in [-0.2, 0) is 11.3 Å². The van der Waals surface area contributed by atoms with Gasteiger partial charge in [0.05, 0.1) is 13.2 Å². The van der Waals surface area contributed by atoms with Gasteiger partial charge in [-0.05, 0) is 42.8 Å². The summed E-state index contributed by atoms with van der Waals surface area (Å²) in [5, 5.41) is 6.66. The van der Waals surface area contributed by atoms with Crippen LogP contribution in [0.5, 0.6) is 0 Å². The fourth-order valence-electron chi connectivity index (χ4n) is 3.47. The average Bonchev–Trinajstić information content (AvgIpc) is 3.29. The van der Waals surface area contributed by atoms with Crippen LogP contribution in [0.4, 0.5) is 22.0 Å². The zero-order chi connectivity index (χ0) is 20.1. The van der Waals surface area contributed by atoms with Crippen LogP contribution < -0.4 is 20.4 Å². The summed E-state index contributed by atoms with van der Waals surface area (Å²) in [6.45, 7) is 5.52. The zero-order valence-electron chi connectivity index (χ0n) is 16.2. The molecule has 2 aliphatic rings. The SMILES string of the molecule is Fc1ccc(CNC(=S)Nc2nc(N3CCCC3)cc(N3CCOCC3)n2)cc1. The first kappa shape index (κ1) is 19.8. The Morgan fingerprint density at radius 2 is 1.62 bits per heavy atom. The lowest BCUT2D eigenvalue weighted by Gasteiger charge is -2.29. The van der Waals surface area contributed by atoms with Gasteiger partial charge in [-0.25, -0.2) is 4.39 Å². The third-order valence-corrected chi connectivity index (χ3v) is 5.30. The number of hydrogen-bond acceptors (Lipinski definition) is 6. The van der Waals surface area contributed by atoms with Crippen LogP contribution in [0.15, 0.2) is 30.3 Å². The van der Waals surface area contributed by atoms with Gasteiger partial charge in [-0.2, -0.15) is 9.97 Å². The largest absolute Gasteiger partial charge is 0.378 e. The van der Waals surface area contributed by atoms with E-state index in [0.717, 1.165) is 43.4 Å². The van der Waals surface area contributed by atoms with Crippen LogP contribution in [0.2, 0.25) is 0 Å². The van der Waals surface area contributed by atoms with Crippen molar-refractivity contribution in [2.24, 2.45) is 0 Å². The molecule has 0 saturated carbocycles. The number of aromatic nitrogens is 2. The molecule has 0 unspecified atom stereocenters. The molecule has 0 aliphatic carbocycles. The van der Waals surface area contributed by atoms with E-state index in [9.17, 15) is 4.39 Å². The number of nitrogens with one attached hydrogen (secondary N) is 2. The fraction of sp³-hybridized carbons (Fsp3) is 0.450. The van der Waals surface area contributed by atoms with Gasteiger partial charge < -0.3 is 25.2 Å². The van der Waals surface area contributed by atoms with E-state index in [1.54, 1.807) is 12.1 Å². The lowest BCUT2D eigenvalue weighted by Crippen LogP contribution is -2.37. The molecule has 0 radical (unpaired) electrons. The van der Waals surface area contributed by atoms with E-state index in [2.05, 4.69) is 36.5 Å². The fourth-order valence-corrected chi connectivity index (χ4v) is 3.63. The van der Waals surface area contributed by atoms with Crippen molar-refractivity contribution in [1.82, 2.24) is 15.3 Å². The molecule has 154 valence electrons. The molecule has 0 atom stereocenters. The highest BCUT2D eigenvalue weighted by atomic mass is 32.1. The summed E-state index contributed by atoms with van der Waals surface area (Å²) in [4.78, 5) is 13.9. The molecule has 2 aliphatic heterocycles. The molecule has 4 rings (SSSR count). The van der Waals surface area contributed by atoms with Gasteiger partial charge in [0.15, 0.2) is 5.11 Å². The molecule has 2 saturated heterocycles. The summed E-state index contributed by atoms with van der Waals surface area (Å²) >= 11 is 5.42. The van der Waals surface area contributed by atoms with Crippen LogP contribution >= 0.6 is 12.2 Å². The first-order chi connectivity index (χ1) is 14.2. The number of benzene rings is 1. The lowest BCUT2D eigenvalue weighted by atomic mass is 10.2. The highest BCUT2D eigenvalue weighted by molar-refractivity contribution is 7.80. The number of ether oxygens (including phenoxy) is 1. The summed E-state index contributed by atoms with van der Waals surface area (Å²) in [5.41, 5.74) is 0.941. The summed E-state index contributed by atoms with van der Waals surface area (Å²) < 4.78 is 18.5. The van der Waals surface area contributed by atoms with Crippen molar-refractivity contribution in [1.29, 1.82) is 0 Å². The van der Waals surface area contributed by atoms with Gasteiger partial charge in [-0.15, -0.1) is 0 Å². The van der Waals surface area contributed by atoms with Crippen molar-refractivity contribution in [2.45, 2.75) is 19.4 Å². The Hall–Kier alpha value is -2.52. The second kappa shape index (κ2) is 9.32. The van der Waals surface area contributed by atoms with Gasteiger partial charge in [0.2, 0.25) is 5.95 Å². The number of morpholine rings is 1. The summed E-state index contributed by atoms with van der Waals surface area (Å²) in [6, 6.07) is 8.38. The topological polar surface area (TPSA) is 65.6 Å². The second-order valence-electron chi connectivity index (χ2n) is 7.14. The van der Waals surface area contributed by atoms with Gasteiger partial charge in [-0.3, -0.25) is 0 Å². The number of anilines is 3. The standard InChI is InChI=1S/C20H25FN6OS/c21-16-5-3-15(4-6-16)14-22-20(29)25-19-23-17(26-7-1-2-8-26)13-18(24-19)27-9-11-28-12-10-27/h3-6,13H,1-2,7-12,14H2,(H2,22,23,24,25,29). The van der Waals surface area contributed by atoms with E-state index in [-0.39, 0.29) is 5.82 Å². The van der Waals surface area contributed by atoms with E-state index in [4.69, 9.17) is 17.0 Å². The predicted octanol–water partition coefficient (Wildman–Crippen LogP) is 2.54. The summed E-state index contributed by atoms with van der Waals surface area (Å²) in [7, 11) is 0. The molecule has 1 aromatic heterocycles. The van der Waals surface area contributed by atoms with Crippen molar-refractivity contribution in [3.63, 3.8) is 0 Å². The molecule has 2 N–H and O–H groups in total. The normalized spacial score (nSPS) is 16.7. The van der Waals surface area contributed by atoms with Crippen LogP contribution in [0, 0.1) is 5.82 Å². The maximum Gasteiger partial charge on any atom is 0.232 e. The zero-order valence-corrected chi connectivity index (χ0v) is 17.1. The minimum absolute atomic E-state index is 0.253. The molecule has 1 aromatic carbocycles. The van der Waals surface area contributed by atoms with Crippen LogP contribution in [0.3, 0.4) is 0 Å². The van der Waals surface area contributed by atoms with Crippen LogP contribution in [0.1, 0.15) is 18.4 Å². The van der Waals surface area contributed by atoms with E-state index in [1.165, 1.54) is 25.0 Å². The highest BCUT2D eigenvalue weighted by Crippen LogP contribution is 2.24. The minimum Gasteiger partial charge on any atom is -0.378 e. The predicted molar refractivity (Wildman–Crippen MR) is 116 cm³/mol. The van der Waals surface area contributed by atoms with Crippen molar-refractivity contribution in [2.75, 3.05) is 54.5 Å². The Labute approximate surface area is 175 Å². The smallest absolute Gasteiger partial charge is 0.232 e. The first-order valence-electron chi connectivity index (χ1n) is 9.93. The molecule has 0 bridgehead atoms. The van der Waals surface area contributed by atoms with Crippen LogP contribution in [-0.4, -0.2) is 54.5 Å². The first-order valence-corrected chi connectivity index (χ1v) is 10.3. The monoisotopic (exact) mass is 416 g/mol. The molecular weight excluding hydrogens is 391 g/mol. The van der Waals surface area contributed by atoms with E-state index < -0.39 is 0 Å². The Balaban J connectivity index is 1.46. The number of nitrogens with zero attached hydrogens (tertiary/aromatic N) is 4. The Kier molecular flexibility index (Phi) is 6.36. The average molecular weight is 417 g/mol. The van der Waals surface area contributed by atoms with Gasteiger partial charge in [-0.1, -0.05) is 12.1 Å². The number of rotatable bonds is 5. The van der Waals surface area contributed by atoms with Gasteiger partial charge >= 0.3 is 0 Å². The number of hydrogen-bond donors (Lipinski definition) is 2. The third kappa shape index (κ3) is 5.30. The van der Waals surface area contributed by atoms with E-state index in [1.807, 2.05) is 0 Å². The Bertz CT molecular complexity index is 837. The molecular formula is C20H25FN6OS. The molecule has 0 amide bonds. The Morgan fingerprint density at radius 3 is 2.28 bits per heavy atom. The van der Waals surface area contributed by atoms with Crippen LogP contribution in [0.25, 0.3) is 0 Å². The maximum atomic E-state index is 13.0. The summed E-state index contributed by atoms with van der Waals surface area (Å²) in [5.74, 6) is 2.03. The third-order valence-electron chi connectivity index (χ3n) is 5.06. The molecule has 2 aromatic rings. The minimum atomic E-state index is -0.253. The van der Waals surface area contributed by atoms with Crippen molar-refractivity contribution >= 4 is 34.9 Å². The van der Waals surface area contributed by atoms with Gasteiger partial charge in [0.1, 0.15) is 17.5 Å². The molecule has 0 spiro atoms. The van der Waals surface area contributed by atoms with Gasteiger partial charge in [0.25, 0.3) is 0 Å². The van der Waals surface area contributed by atoms with E-state index >= 15 is 0 Å². The quantitative estimate of drug-likeness (QED) is 0.721. The van der Waals surface area contributed by atoms with Crippen molar-refractivity contribution in [3.8, 4) is 0 Å². The molecule has 3 heterocycles. The molecule has 29 heavy (non-hydrogen) atoms. The molecule has 9 heteroatoms.